The van der Waals surface area contributed by atoms with E-state index in [1.807, 2.05) is 0 Å². The second-order valence-electron chi connectivity index (χ2n) is 24.7. The molecule has 0 radical (unpaired) electrons. The SMILES string of the molecule is CCC(C)CCCCCCCCCCC(=O)O[C@H](COC(=O)CCCCCCCCC(C)CC)COP(=O)(O)OC[C@@H](O)COP(=O)(O)OC[C@@H](COC(=O)CCCCCCCCC(C)CC)OC(=O)CCCCCCCCCCCC(C)C. The monoisotopic (exact) mass is 1240 g/mol. The van der Waals surface area contributed by atoms with Gasteiger partial charge in [-0.15, -0.1) is 0 Å². The van der Waals surface area contributed by atoms with Crippen LogP contribution in [0.3, 0.4) is 0 Å². The van der Waals surface area contributed by atoms with Crippen molar-refractivity contribution in [2.75, 3.05) is 39.6 Å². The van der Waals surface area contributed by atoms with E-state index in [1.54, 1.807) is 0 Å². The van der Waals surface area contributed by atoms with E-state index in [-0.39, 0.29) is 25.7 Å². The maximum Gasteiger partial charge on any atom is 0.472 e. The van der Waals surface area contributed by atoms with Gasteiger partial charge >= 0.3 is 39.5 Å². The summed E-state index contributed by atoms with van der Waals surface area (Å²) in [4.78, 5) is 72.3. The van der Waals surface area contributed by atoms with Crippen molar-refractivity contribution in [1.29, 1.82) is 0 Å². The highest BCUT2D eigenvalue weighted by atomic mass is 31.2. The first-order valence-corrected chi connectivity index (χ1v) is 36.8. The van der Waals surface area contributed by atoms with Crippen molar-refractivity contribution in [3.8, 4) is 0 Å². The van der Waals surface area contributed by atoms with Crippen LogP contribution in [0, 0.1) is 23.7 Å². The van der Waals surface area contributed by atoms with E-state index in [0.29, 0.717) is 25.7 Å². The molecule has 19 heteroatoms. The number of carbonyl (C=O) groups is 4. The molecule has 0 saturated carbocycles. The molecule has 8 atom stereocenters. The third-order valence-electron chi connectivity index (χ3n) is 15.9. The molecule has 84 heavy (non-hydrogen) atoms. The maximum absolute atomic E-state index is 13.0. The summed E-state index contributed by atoms with van der Waals surface area (Å²) >= 11 is 0. The Kier molecular flexibility index (Phi) is 53.9. The number of carbonyl (C=O) groups excluding carboxylic acids is 4. The number of phosphoric ester groups is 2. The van der Waals surface area contributed by atoms with Crippen LogP contribution in [-0.4, -0.2) is 96.7 Å². The van der Waals surface area contributed by atoms with E-state index >= 15 is 0 Å². The van der Waals surface area contributed by atoms with Crippen molar-refractivity contribution in [3.05, 3.63) is 0 Å². The second-order valence-corrected chi connectivity index (χ2v) is 27.6. The van der Waals surface area contributed by atoms with Gasteiger partial charge in [-0.1, -0.05) is 261 Å². The Balaban J connectivity index is 5.28. The summed E-state index contributed by atoms with van der Waals surface area (Å²) in [5.74, 6) is 0.828. The summed E-state index contributed by atoms with van der Waals surface area (Å²) < 4.78 is 68.0. The fraction of sp³-hybridized carbons (Fsp3) is 0.938. The lowest BCUT2D eigenvalue weighted by atomic mass is 9.99. The summed E-state index contributed by atoms with van der Waals surface area (Å²) in [6.45, 7) is 14.0. The minimum atomic E-state index is -4.95. The molecule has 5 unspecified atom stereocenters. The average Bonchev–Trinajstić information content (AvgIpc) is 3.52. The second kappa shape index (κ2) is 55.2. The standard InChI is InChI=1S/C65H126O17P2/c1-9-56(6)42-34-26-18-15-16-20-32-40-48-65(70)82-61(52-76-63(68)46-38-30-24-22-28-36-44-58(8)11-3)54-80-84(73,74)78-50-59(66)49-77-83(71,72)79-53-60(51-75-62(67)45-37-29-23-21-27-35-43-57(7)10-2)81-64(69)47-39-31-19-14-12-13-17-25-33-41-55(4)5/h55-61,66H,9-54H2,1-8H3,(H,71,72)(H,73,74)/t56?,57?,58?,59-,60+,61+/m0/s1. The topological polar surface area (TPSA) is 237 Å². The first kappa shape index (κ1) is 82.1. The van der Waals surface area contributed by atoms with Gasteiger partial charge in [0.25, 0.3) is 0 Å². The minimum Gasteiger partial charge on any atom is -0.462 e. The van der Waals surface area contributed by atoms with Crippen LogP contribution in [0.5, 0.6) is 0 Å². The molecule has 0 aromatic rings. The first-order chi connectivity index (χ1) is 40.2. The van der Waals surface area contributed by atoms with Crippen molar-refractivity contribution < 1.29 is 80.2 Å². The summed E-state index contributed by atoms with van der Waals surface area (Å²) in [6, 6.07) is 0. The largest absolute Gasteiger partial charge is 0.472 e. The number of aliphatic hydroxyl groups excluding tert-OH is 1. The van der Waals surface area contributed by atoms with Crippen molar-refractivity contribution in [3.63, 3.8) is 0 Å². The lowest BCUT2D eigenvalue weighted by Crippen LogP contribution is -2.30. The predicted octanol–water partition coefficient (Wildman–Crippen LogP) is 17.8. The van der Waals surface area contributed by atoms with Gasteiger partial charge in [0.2, 0.25) is 0 Å². The highest BCUT2D eigenvalue weighted by molar-refractivity contribution is 7.47. The van der Waals surface area contributed by atoms with E-state index in [1.165, 1.54) is 103 Å². The Morgan fingerprint density at radius 1 is 0.333 bits per heavy atom. The molecule has 0 aromatic heterocycles. The Morgan fingerprint density at radius 3 is 0.845 bits per heavy atom. The predicted molar refractivity (Wildman–Crippen MR) is 335 cm³/mol. The van der Waals surface area contributed by atoms with Gasteiger partial charge in [0.15, 0.2) is 12.2 Å². The molecule has 0 rings (SSSR count). The van der Waals surface area contributed by atoms with E-state index in [4.69, 9.17) is 37.0 Å². The Bertz CT molecular complexity index is 1680. The lowest BCUT2D eigenvalue weighted by Gasteiger charge is -2.21. The molecule has 0 aliphatic carbocycles. The molecule has 0 spiro atoms. The quantitative estimate of drug-likeness (QED) is 0.0222. The fourth-order valence-corrected chi connectivity index (χ4v) is 11.1. The molecule has 0 aliphatic heterocycles. The van der Waals surface area contributed by atoms with E-state index in [2.05, 4.69) is 55.4 Å². The molecule has 0 bridgehead atoms. The van der Waals surface area contributed by atoms with Crippen LogP contribution in [-0.2, 0) is 65.4 Å². The van der Waals surface area contributed by atoms with Crippen LogP contribution in [0.1, 0.15) is 312 Å². The van der Waals surface area contributed by atoms with Gasteiger partial charge in [0.05, 0.1) is 26.4 Å². The van der Waals surface area contributed by atoms with Gasteiger partial charge < -0.3 is 33.8 Å². The van der Waals surface area contributed by atoms with Crippen LogP contribution in [0.2, 0.25) is 0 Å². The highest BCUT2D eigenvalue weighted by Crippen LogP contribution is 2.45. The summed E-state index contributed by atoms with van der Waals surface area (Å²) in [5, 5.41) is 10.5. The van der Waals surface area contributed by atoms with Crippen LogP contribution in [0.25, 0.3) is 0 Å². The third-order valence-corrected chi connectivity index (χ3v) is 17.8. The van der Waals surface area contributed by atoms with Crippen molar-refractivity contribution >= 4 is 39.5 Å². The van der Waals surface area contributed by atoms with Gasteiger partial charge in [-0.25, -0.2) is 9.13 Å². The van der Waals surface area contributed by atoms with Gasteiger partial charge in [-0.05, 0) is 49.4 Å². The summed E-state index contributed by atoms with van der Waals surface area (Å²) in [6.07, 6.45) is 34.8. The molecule has 498 valence electrons. The highest BCUT2D eigenvalue weighted by Gasteiger charge is 2.30. The zero-order chi connectivity index (χ0) is 62.5. The number of phosphoric acid groups is 2. The van der Waals surface area contributed by atoms with Gasteiger partial charge in [-0.2, -0.15) is 0 Å². The summed E-state index contributed by atoms with van der Waals surface area (Å²) in [7, 11) is -9.89. The minimum absolute atomic E-state index is 0.103. The summed E-state index contributed by atoms with van der Waals surface area (Å²) in [5.41, 5.74) is 0. The van der Waals surface area contributed by atoms with Gasteiger partial charge in [0, 0.05) is 25.7 Å². The fourth-order valence-electron chi connectivity index (χ4n) is 9.51. The molecule has 0 heterocycles. The Labute approximate surface area is 511 Å². The number of hydrogen-bond acceptors (Lipinski definition) is 15. The molecular formula is C65H126O17P2. The van der Waals surface area contributed by atoms with Crippen LogP contribution in [0.15, 0.2) is 0 Å². The molecule has 0 saturated heterocycles. The van der Waals surface area contributed by atoms with E-state index < -0.39 is 97.5 Å². The first-order valence-electron chi connectivity index (χ1n) is 33.8. The Hall–Kier alpha value is -1.94. The molecule has 3 N–H and O–H groups in total. The van der Waals surface area contributed by atoms with Crippen LogP contribution < -0.4 is 0 Å². The number of unbranched alkanes of at least 4 members (excludes halogenated alkanes) is 25. The normalized spacial score (nSPS) is 15.4. The van der Waals surface area contributed by atoms with Crippen LogP contribution >= 0.6 is 15.6 Å². The number of rotatable bonds is 62. The number of aliphatic hydroxyl groups is 1. The zero-order valence-electron chi connectivity index (χ0n) is 54.5. The maximum atomic E-state index is 13.0. The van der Waals surface area contributed by atoms with Crippen molar-refractivity contribution in [2.45, 2.75) is 331 Å². The van der Waals surface area contributed by atoms with E-state index in [0.717, 1.165) is 126 Å². The number of ether oxygens (including phenoxy) is 4. The zero-order valence-corrected chi connectivity index (χ0v) is 56.3. The van der Waals surface area contributed by atoms with Crippen LogP contribution in [0.4, 0.5) is 0 Å². The average molecular weight is 1240 g/mol. The molecule has 0 amide bonds. The van der Waals surface area contributed by atoms with Gasteiger partial charge in [-0.3, -0.25) is 37.3 Å². The third kappa shape index (κ3) is 55.4. The smallest absolute Gasteiger partial charge is 0.462 e. The number of hydrogen-bond donors (Lipinski definition) is 3. The van der Waals surface area contributed by atoms with Crippen molar-refractivity contribution in [2.24, 2.45) is 23.7 Å². The molecule has 0 aromatic carbocycles. The lowest BCUT2D eigenvalue weighted by molar-refractivity contribution is -0.161. The van der Waals surface area contributed by atoms with Crippen molar-refractivity contribution in [1.82, 2.24) is 0 Å². The molecule has 0 aliphatic rings. The molecular weight excluding hydrogens is 1110 g/mol. The Morgan fingerprint density at radius 2 is 0.571 bits per heavy atom. The van der Waals surface area contributed by atoms with Gasteiger partial charge in [0.1, 0.15) is 19.3 Å². The molecule has 0 fully saturated rings. The molecule has 17 nitrogen and oxygen atoms in total. The van der Waals surface area contributed by atoms with E-state index in [9.17, 15) is 43.2 Å². The number of esters is 4.